The summed E-state index contributed by atoms with van der Waals surface area (Å²) in [6, 6.07) is 7.24. The first-order valence-corrected chi connectivity index (χ1v) is 6.17. The first-order valence-electron chi connectivity index (χ1n) is 5.79. The van der Waals surface area contributed by atoms with Crippen LogP contribution in [0.2, 0.25) is 5.02 Å². The summed E-state index contributed by atoms with van der Waals surface area (Å²) in [6.07, 6.45) is 0. The lowest BCUT2D eigenvalue weighted by molar-refractivity contribution is 0.126. The van der Waals surface area contributed by atoms with Crippen LogP contribution in [0.5, 0.6) is 0 Å². The van der Waals surface area contributed by atoms with Crippen molar-refractivity contribution < 1.29 is 4.74 Å². The molecule has 18 heavy (non-hydrogen) atoms. The molecule has 1 N–H and O–H groups in total. The van der Waals surface area contributed by atoms with Gasteiger partial charge in [-0.2, -0.15) is 5.26 Å². The number of ether oxygens (including phenoxy) is 1. The minimum atomic E-state index is 0.558. The van der Waals surface area contributed by atoms with E-state index >= 15 is 0 Å². The van der Waals surface area contributed by atoms with Crippen LogP contribution in [0.3, 0.4) is 0 Å². The van der Waals surface area contributed by atoms with Gasteiger partial charge in [-0.1, -0.05) is 11.6 Å². The maximum atomic E-state index is 8.72. The van der Waals surface area contributed by atoms with Crippen LogP contribution >= 0.6 is 11.6 Å². The van der Waals surface area contributed by atoms with Gasteiger partial charge in [0, 0.05) is 13.1 Å². The van der Waals surface area contributed by atoms with Crippen LogP contribution in [-0.2, 0) is 4.74 Å². The van der Waals surface area contributed by atoms with Gasteiger partial charge in [-0.25, -0.2) is 0 Å². The molecule has 0 saturated heterocycles. The molecule has 0 aromatic heterocycles. The number of nitrogens with one attached hydrogen (secondary N) is 1. The molecular formula is C13H18ClN3O. The van der Waals surface area contributed by atoms with Crippen molar-refractivity contribution in [2.75, 3.05) is 45.7 Å². The van der Waals surface area contributed by atoms with E-state index in [1.165, 1.54) is 0 Å². The highest BCUT2D eigenvalue weighted by Crippen LogP contribution is 2.22. The van der Waals surface area contributed by atoms with Crippen molar-refractivity contribution in [3.05, 3.63) is 28.8 Å². The van der Waals surface area contributed by atoms with E-state index in [9.17, 15) is 0 Å². The van der Waals surface area contributed by atoms with E-state index in [0.717, 1.165) is 18.8 Å². The Kier molecular flexibility index (Phi) is 6.51. The van der Waals surface area contributed by atoms with Crippen LogP contribution in [0.1, 0.15) is 5.56 Å². The first kappa shape index (κ1) is 14.8. The summed E-state index contributed by atoms with van der Waals surface area (Å²) in [5, 5.41) is 12.4. The molecule has 1 aromatic rings. The number of likely N-dealkylation sites (N-methyl/N-ethyl adjacent to an activating group) is 1. The van der Waals surface area contributed by atoms with Crippen LogP contribution in [0.4, 0.5) is 5.69 Å². The van der Waals surface area contributed by atoms with Gasteiger partial charge in [0.1, 0.15) is 0 Å². The molecule has 5 heteroatoms. The van der Waals surface area contributed by atoms with Crippen molar-refractivity contribution in [2.24, 2.45) is 0 Å². The smallest absolute Gasteiger partial charge is 0.0992 e. The first-order chi connectivity index (χ1) is 8.63. The third-order valence-electron chi connectivity index (χ3n) is 2.34. The topological polar surface area (TPSA) is 48.3 Å². The summed E-state index contributed by atoms with van der Waals surface area (Å²) in [5.74, 6) is 0. The number of anilines is 1. The fourth-order valence-corrected chi connectivity index (χ4v) is 1.58. The third-order valence-corrected chi connectivity index (χ3v) is 2.66. The molecule has 0 heterocycles. The average molecular weight is 268 g/mol. The van der Waals surface area contributed by atoms with Crippen molar-refractivity contribution in [3.8, 4) is 6.07 Å². The summed E-state index contributed by atoms with van der Waals surface area (Å²) in [5.41, 5.74) is 1.39. The maximum Gasteiger partial charge on any atom is 0.0992 e. The summed E-state index contributed by atoms with van der Waals surface area (Å²) in [7, 11) is 4.02. The molecule has 0 atom stereocenters. The molecule has 0 aliphatic heterocycles. The highest BCUT2D eigenvalue weighted by molar-refractivity contribution is 6.33. The van der Waals surface area contributed by atoms with E-state index in [0.29, 0.717) is 23.7 Å². The van der Waals surface area contributed by atoms with Crippen molar-refractivity contribution in [3.63, 3.8) is 0 Å². The Morgan fingerprint density at radius 2 is 2.17 bits per heavy atom. The molecule has 0 spiro atoms. The summed E-state index contributed by atoms with van der Waals surface area (Å²) < 4.78 is 5.45. The molecule has 0 fully saturated rings. The average Bonchev–Trinajstić information content (AvgIpc) is 2.34. The van der Waals surface area contributed by atoms with Crippen molar-refractivity contribution in [1.29, 1.82) is 5.26 Å². The number of nitrogens with zero attached hydrogens (tertiary/aromatic N) is 2. The lowest BCUT2D eigenvalue weighted by Gasteiger charge is -2.11. The fraction of sp³-hybridized carbons (Fsp3) is 0.462. The largest absolute Gasteiger partial charge is 0.382 e. The van der Waals surface area contributed by atoms with Gasteiger partial charge in [-0.3, -0.25) is 0 Å². The highest BCUT2D eigenvalue weighted by Gasteiger charge is 2.00. The Hall–Kier alpha value is -1.28. The van der Waals surface area contributed by atoms with Crippen LogP contribution in [0, 0.1) is 11.3 Å². The normalized spacial score (nSPS) is 10.4. The Morgan fingerprint density at radius 1 is 1.39 bits per heavy atom. The number of hydrogen-bond acceptors (Lipinski definition) is 4. The minimum Gasteiger partial charge on any atom is -0.382 e. The standard InChI is InChI=1S/C13H18ClN3O/c1-17(2)6-8-18-7-5-16-13-4-3-11(10-15)9-12(13)14/h3-4,9,16H,5-8H2,1-2H3. The molecular weight excluding hydrogens is 250 g/mol. The SMILES string of the molecule is CN(C)CCOCCNc1ccc(C#N)cc1Cl. The van der Waals surface area contributed by atoms with E-state index in [1.807, 2.05) is 20.2 Å². The van der Waals surface area contributed by atoms with Crippen LogP contribution in [-0.4, -0.2) is 45.3 Å². The molecule has 1 aromatic carbocycles. The number of nitriles is 1. The second kappa shape index (κ2) is 7.93. The minimum absolute atomic E-state index is 0.558. The molecule has 0 unspecified atom stereocenters. The van der Waals surface area contributed by atoms with Crippen molar-refractivity contribution in [1.82, 2.24) is 4.90 Å². The summed E-state index contributed by atoms with van der Waals surface area (Å²) >= 11 is 6.03. The zero-order valence-corrected chi connectivity index (χ0v) is 11.5. The molecule has 0 amide bonds. The number of hydrogen-bond donors (Lipinski definition) is 1. The molecule has 0 saturated carbocycles. The van der Waals surface area contributed by atoms with Crippen LogP contribution in [0.25, 0.3) is 0 Å². The predicted octanol–water partition coefficient (Wildman–Crippen LogP) is 2.20. The van der Waals surface area contributed by atoms with Crippen molar-refractivity contribution in [2.45, 2.75) is 0 Å². The Balaban J connectivity index is 2.25. The van der Waals surface area contributed by atoms with Gasteiger partial charge in [0.25, 0.3) is 0 Å². The van der Waals surface area contributed by atoms with E-state index in [4.69, 9.17) is 21.6 Å². The number of halogens is 1. The van der Waals surface area contributed by atoms with Gasteiger partial charge in [0.2, 0.25) is 0 Å². The molecule has 98 valence electrons. The zero-order chi connectivity index (χ0) is 13.4. The second-order valence-electron chi connectivity index (χ2n) is 4.15. The molecule has 0 aliphatic rings. The van der Waals surface area contributed by atoms with Gasteiger partial charge in [-0.15, -0.1) is 0 Å². The Morgan fingerprint density at radius 3 is 2.78 bits per heavy atom. The third kappa shape index (κ3) is 5.37. The van der Waals surface area contributed by atoms with Gasteiger partial charge < -0.3 is 15.0 Å². The monoisotopic (exact) mass is 267 g/mol. The van der Waals surface area contributed by atoms with Gasteiger partial charge in [-0.05, 0) is 32.3 Å². The highest BCUT2D eigenvalue weighted by atomic mass is 35.5. The number of benzene rings is 1. The van der Waals surface area contributed by atoms with Gasteiger partial charge in [0.15, 0.2) is 0 Å². The fourth-order valence-electron chi connectivity index (χ4n) is 1.34. The maximum absolute atomic E-state index is 8.72. The molecule has 1 rings (SSSR count). The lowest BCUT2D eigenvalue weighted by atomic mass is 10.2. The molecule has 0 bridgehead atoms. The Bertz CT molecular complexity index is 415. The number of rotatable bonds is 7. The van der Waals surface area contributed by atoms with E-state index in [1.54, 1.807) is 18.2 Å². The molecule has 0 radical (unpaired) electrons. The van der Waals surface area contributed by atoms with Gasteiger partial charge in [0.05, 0.1) is 35.6 Å². The van der Waals surface area contributed by atoms with Gasteiger partial charge >= 0.3 is 0 Å². The Labute approximate surface area is 113 Å². The van der Waals surface area contributed by atoms with Crippen molar-refractivity contribution >= 4 is 17.3 Å². The van der Waals surface area contributed by atoms with E-state index < -0.39 is 0 Å². The van der Waals surface area contributed by atoms with E-state index in [-0.39, 0.29) is 0 Å². The second-order valence-corrected chi connectivity index (χ2v) is 4.56. The van der Waals surface area contributed by atoms with Crippen LogP contribution < -0.4 is 5.32 Å². The summed E-state index contributed by atoms with van der Waals surface area (Å²) in [4.78, 5) is 2.07. The van der Waals surface area contributed by atoms with Crippen LogP contribution in [0.15, 0.2) is 18.2 Å². The molecule has 0 aliphatic carbocycles. The lowest BCUT2D eigenvalue weighted by Crippen LogP contribution is -2.20. The van der Waals surface area contributed by atoms with E-state index in [2.05, 4.69) is 10.2 Å². The predicted molar refractivity (Wildman–Crippen MR) is 74.0 cm³/mol. The zero-order valence-electron chi connectivity index (χ0n) is 10.7. The molecule has 4 nitrogen and oxygen atoms in total. The summed E-state index contributed by atoms with van der Waals surface area (Å²) in [6.45, 7) is 2.95. The quantitative estimate of drug-likeness (QED) is 0.770.